The van der Waals surface area contributed by atoms with Crippen LogP contribution in [0.2, 0.25) is 0 Å². The lowest BCUT2D eigenvalue weighted by Gasteiger charge is -2.30. The number of amides is 1. The lowest BCUT2D eigenvalue weighted by Crippen LogP contribution is -2.39. The molecule has 1 amide bonds. The molecule has 3 nitrogen and oxygen atoms in total. The van der Waals surface area contributed by atoms with Crippen molar-refractivity contribution >= 4 is 17.7 Å². The summed E-state index contributed by atoms with van der Waals surface area (Å²) in [6, 6.07) is 9.02. The Bertz CT molecular complexity index is 495. The van der Waals surface area contributed by atoms with Crippen molar-refractivity contribution in [1.29, 1.82) is 0 Å². The van der Waals surface area contributed by atoms with E-state index in [2.05, 4.69) is 41.3 Å². The van der Waals surface area contributed by atoms with Crippen LogP contribution in [0, 0.1) is 0 Å². The second-order valence-corrected chi connectivity index (χ2v) is 7.28. The standard InChI is InChI=1S/C20H31ClN2O/c1-2-17-9-11-18(12-10-17)20(13-5-6-14-20)16-22-19(24)8-4-3-7-15-23-21/h9-12,23H,2-8,13-16H2,1H3,(H,22,24). The predicted octanol–water partition coefficient (Wildman–Crippen LogP) is 4.48. The molecular formula is C20H31ClN2O. The monoisotopic (exact) mass is 350 g/mol. The van der Waals surface area contributed by atoms with E-state index in [1.165, 1.54) is 36.8 Å². The molecule has 1 saturated carbocycles. The van der Waals surface area contributed by atoms with Crippen molar-refractivity contribution in [2.45, 2.75) is 70.1 Å². The van der Waals surface area contributed by atoms with Gasteiger partial charge in [-0.1, -0.05) is 50.5 Å². The van der Waals surface area contributed by atoms with E-state index in [1.807, 2.05) is 0 Å². The molecule has 0 aromatic heterocycles. The Hall–Kier alpha value is -1.06. The first kappa shape index (κ1) is 19.3. The van der Waals surface area contributed by atoms with Crippen molar-refractivity contribution < 1.29 is 4.79 Å². The Morgan fingerprint density at radius 1 is 1.12 bits per heavy atom. The van der Waals surface area contributed by atoms with Crippen LogP contribution in [0.5, 0.6) is 0 Å². The maximum atomic E-state index is 12.2. The van der Waals surface area contributed by atoms with E-state index in [0.717, 1.165) is 38.8 Å². The molecule has 1 aromatic rings. The quantitative estimate of drug-likeness (QED) is 0.482. The first-order valence-electron chi connectivity index (χ1n) is 9.40. The summed E-state index contributed by atoms with van der Waals surface area (Å²) in [6.45, 7) is 3.77. The lowest BCUT2D eigenvalue weighted by atomic mass is 9.78. The zero-order valence-corrected chi connectivity index (χ0v) is 15.6. The Kier molecular flexibility index (Phi) is 8.07. The van der Waals surface area contributed by atoms with Crippen molar-refractivity contribution in [1.82, 2.24) is 10.2 Å². The smallest absolute Gasteiger partial charge is 0.220 e. The van der Waals surface area contributed by atoms with Crippen LogP contribution in [0.4, 0.5) is 0 Å². The van der Waals surface area contributed by atoms with Gasteiger partial charge in [-0.3, -0.25) is 4.79 Å². The summed E-state index contributed by atoms with van der Waals surface area (Å²) in [5.41, 5.74) is 2.91. The second kappa shape index (κ2) is 10.0. The van der Waals surface area contributed by atoms with Gasteiger partial charge in [0.15, 0.2) is 0 Å². The van der Waals surface area contributed by atoms with E-state index >= 15 is 0 Å². The first-order valence-corrected chi connectivity index (χ1v) is 9.77. The predicted molar refractivity (Wildman–Crippen MR) is 101 cm³/mol. The zero-order chi connectivity index (χ0) is 17.3. The molecule has 2 rings (SSSR count). The Balaban J connectivity index is 1.85. The minimum absolute atomic E-state index is 0.143. The van der Waals surface area contributed by atoms with E-state index in [0.29, 0.717) is 6.42 Å². The number of benzene rings is 1. The molecule has 0 atom stereocenters. The molecule has 1 aliphatic carbocycles. The normalized spacial score (nSPS) is 16.2. The molecule has 134 valence electrons. The molecule has 2 N–H and O–H groups in total. The van der Waals surface area contributed by atoms with Crippen LogP contribution in [0.25, 0.3) is 0 Å². The van der Waals surface area contributed by atoms with Gasteiger partial charge in [0.05, 0.1) is 0 Å². The number of unbranched alkanes of at least 4 members (excludes halogenated alkanes) is 2. The number of hydrogen-bond donors (Lipinski definition) is 2. The molecule has 1 aliphatic rings. The van der Waals surface area contributed by atoms with E-state index in [1.54, 1.807) is 0 Å². The highest BCUT2D eigenvalue weighted by Crippen LogP contribution is 2.40. The van der Waals surface area contributed by atoms with Gasteiger partial charge in [0.25, 0.3) is 0 Å². The fraction of sp³-hybridized carbons (Fsp3) is 0.650. The molecule has 0 radical (unpaired) electrons. The average molecular weight is 351 g/mol. The highest BCUT2D eigenvalue weighted by Gasteiger charge is 2.35. The van der Waals surface area contributed by atoms with E-state index in [9.17, 15) is 4.79 Å². The topological polar surface area (TPSA) is 41.1 Å². The van der Waals surface area contributed by atoms with E-state index in [4.69, 9.17) is 11.8 Å². The van der Waals surface area contributed by atoms with Gasteiger partial charge >= 0.3 is 0 Å². The molecule has 0 aliphatic heterocycles. The summed E-state index contributed by atoms with van der Waals surface area (Å²) in [5, 5.41) is 3.20. The van der Waals surface area contributed by atoms with Crippen LogP contribution in [-0.2, 0) is 16.6 Å². The van der Waals surface area contributed by atoms with Gasteiger partial charge in [0, 0.05) is 24.9 Å². The third-order valence-electron chi connectivity index (χ3n) is 5.33. The van der Waals surface area contributed by atoms with Gasteiger partial charge in [-0.2, -0.15) is 0 Å². The fourth-order valence-electron chi connectivity index (χ4n) is 3.72. The average Bonchev–Trinajstić information content (AvgIpc) is 3.10. The molecule has 4 heteroatoms. The van der Waals surface area contributed by atoms with Crippen molar-refractivity contribution in [3.05, 3.63) is 35.4 Å². The summed E-state index contributed by atoms with van der Waals surface area (Å²) in [4.78, 5) is 14.8. The lowest BCUT2D eigenvalue weighted by molar-refractivity contribution is -0.121. The number of carbonyl (C=O) groups excluding carboxylic acids is 1. The number of carbonyl (C=O) groups is 1. The second-order valence-electron chi connectivity index (χ2n) is 7.01. The first-order chi connectivity index (χ1) is 11.7. The molecule has 0 unspecified atom stereocenters. The minimum Gasteiger partial charge on any atom is -0.355 e. The Morgan fingerprint density at radius 2 is 1.83 bits per heavy atom. The molecule has 24 heavy (non-hydrogen) atoms. The van der Waals surface area contributed by atoms with Gasteiger partial charge in [-0.25, -0.2) is 4.84 Å². The van der Waals surface area contributed by atoms with Gasteiger partial charge in [-0.05, 0) is 55.0 Å². The summed E-state index contributed by atoms with van der Waals surface area (Å²) in [5.74, 6) is 0.185. The van der Waals surface area contributed by atoms with Gasteiger partial charge in [-0.15, -0.1) is 0 Å². The minimum atomic E-state index is 0.143. The number of hydrogen-bond acceptors (Lipinski definition) is 2. The highest BCUT2D eigenvalue weighted by molar-refractivity contribution is 6.13. The van der Waals surface area contributed by atoms with Crippen molar-refractivity contribution in [2.24, 2.45) is 0 Å². The third kappa shape index (κ3) is 5.49. The molecule has 0 heterocycles. The zero-order valence-electron chi connectivity index (χ0n) is 14.9. The molecular weight excluding hydrogens is 320 g/mol. The van der Waals surface area contributed by atoms with Gasteiger partial charge < -0.3 is 5.32 Å². The number of rotatable bonds is 10. The van der Waals surface area contributed by atoms with Crippen molar-refractivity contribution in [3.8, 4) is 0 Å². The SMILES string of the molecule is CCc1ccc(C2(CNC(=O)CCCCCNCl)CCCC2)cc1. The molecule has 0 bridgehead atoms. The van der Waals surface area contributed by atoms with Crippen LogP contribution >= 0.6 is 11.8 Å². The maximum absolute atomic E-state index is 12.2. The van der Waals surface area contributed by atoms with Crippen LogP contribution in [0.3, 0.4) is 0 Å². The maximum Gasteiger partial charge on any atom is 0.220 e. The van der Waals surface area contributed by atoms with Crippen LogP contribution in [-0.4, -0.2) is 19.0 Å². The van der Waals surface area contributed by atoms with Crippen molar-refractivity contribution in [2.75, 3.05) is 13.1 Å². The van der Waals surface area contributed by atoms with Gasteiger partial charge in [0.1, 0.15) is 0 Å². The Morgan fingerprint density at radius 3 is 2.46 bits per heavy atom. The number of halogens is 1. The van der Waals surface area contributed by atoms with E-state index in [-0.39, 0.29) is 11.3 Å². The third-order valence-corrected chi connectivity index (χ3v) is 5.52. The molecule has 1 aromatic carbocycles. The van der Waals surface area contributed by atoms with Crippen molar-refractivity contribution in [3.63, 3.8) is 0 Å². The summed E-state index contributed by atoms with van der Waals surface area (Å²) < 4.78 is 0. The molecule has 0 saturated heterocycles. The largest absolute Gasteiger partial charge is 0.355 e. The van der Waals surface area contributed by atoms with Crippen LogP contribution in [0.1, 0.15) is 69.4 Å². The van der Waals surface area contributed by atoms with Gasteiger partial charge in [0.2, 0.25) is 5.91 Å². The van der Waals surface area contributed by atoms with Crippen LogP contribution in [0.15, 0.2) is 24.3 Å². The molecule has 0 spiro atoms. The highest BCUT2D eigenvalue weighted by atomic mass is 35.5. The Labute approximate surface area is 151 Å². The number of nitrogens with one attached hydrogen (secondary N) is 2. The summed E-state index contributed by atoms with van der Waals surface area (Å²) in [7, 11) is 0. The molecule has 1 fully saturated rings. The van der Waals surface area contributed by atoms with E-state index < -0.39 is 0 Å². The summed E-state index contributed by atoms with van der Waals surface area (Å²) in [6.07, 6.45) is 9.56. The number of aryl methyl sites for hydroxylation is 1. The fourth-order valence-corrected chi connectivity index (χ4v) is 3.86. The van der Waals surface area contributed by atoms with Crippen LogP contribution < -0.4 is 10.2 Å². The summed E-state index contributed by atoms with van der Waals surface area (Å²) >= 11 is 5.43.